The number of ether oxygens (including phenoxy) is 1. The summed E-state index contributed by atoms with van der Waals surface area (Å²) in [6.45, 7) is 3.68. The number of carbonyl (C=O) groups excluding carboxylic acids is 2. The Morgan fingerprint density at radius 1 is 1.18 bits per heavy atom. The monoisotopic (exact) mass is 521 g/mol. The molecule has 1 saturated heterocycles. The summed E-state index contributed by atoms with van der Waals surface area (Å²) in [5, 5.41) is 9.92. The van der Waals surface area contributed by atoms with Gasteiger partial charge in [0.1, 0.15) is 11.4 Å². The number of carbonyl (C=O) groups is 2. The van der Waals surface area contributed by atoms with E-state index in [2.05, 4.69) is 25.8 Å². The van der Waals surface area contributed by atoms with Crippen LogP contribution in [-0.4, -0.2) is 67.2 Å². The van der Waals surface area contributed by atoms with E-state index in [1.54, 1.807) is 43.5 Å². The second-order valence-corrected chi connectivity index (χ2v) is 10.6. The van der Waals surface area contributed by atoms with E-state index in [1.807, 2.05) is 6.92 Å². The van der Waals surface area contributed by atoms with Crippen LogP contribution in [0.25, 0.3) is 0 Å². The van der Waals surface area contributed by atoms with Crippen molar-refractivity contribution >= 4 is 35.0 Å². The quantitative estimate of drug-likeness (QED) is 0.507. The maximum Gasteiger partial charge on any atom is 0.251 e. The molecule has 2 atom stereocenters. The maximum absolute atomic E-state index is 13.1. The molecule has 38 heavy (non-hydrogen) atoms. The van der Waals surface area contributed by atoms with Gasteiger partial charge in [-0.15, -0.1) is 0 Å². The van der Waals surface area contributed by atoms with Gasteiger partial charge in [-0.05, 0) is 57.4 Å². The third kappa shape index (κ3) is 5.55. The van der Waals surface area contributed by atoms with Crippen molar-refractivity contribution in [2.45, 2.75) is 76.4 Å². The largest absolute Gasteiger partial charge is 0.495 e. The maximum atomic E-state index is 13.1. The first-order chi connectivity index (χ1) is 18.4. The van der Waals surface area contributed by atoms with Gasteiger partial charge in [-0.25, -0.2) is 4.98 Å². The molecule has 0 spiro atoms. The number of aromatic nitrogens is 2. The van der Waals surface area contributed by atoms with Gasteiger partial charge in [0.15, 0.2) is 5.82 Å². The second-order valence-electron chi connectivity index (χ2n) is 10.6. The molecule has 2 aliphatic heterocycles. The molecule has 3 N–H and O–H groups in total. The molecular formula is C28H39N7O3. The van der Waals surface area contributed by atoms with Gasteiger partial charge in [0.25, 0.3) is 5.91 Å². The average Bonchev–Trinajstić information content (AvgIpc) is 3.44. The Bertz CT molecular complexity index is 1160. The summed E-state index contributed by atoms with van der Waals surface area (Å²) in [6.07, 6.45) is 10.2. The van der Waals surface area contributed by atoms with Gasteiger partial charge in [-0.2, -0.15) is 4.98 Å². The number of nitrogens with one attached hydrogen (secondary N) is 3. The highest BCUT2D eigenvalue weighted by molar-refractivity contribution is 5.98. The van der Waals surface area contributed by atoms with E-state index in [9.17, 15) is 9.59 Å². The third-order valence-electron chi connectivity index (χ3n) is 8.11. The van der Waals surface area contributed by atoms with E-state index >= 15 is 0 Å². The minimum atomic E-state index is -0.133. The fourth-order valence-electron chi connectivity index (χ4n) is 5.83. The van der Waals surface area contributed by atoms with Crippen LogP contribution in [0.2, 0.25) is 0 Å². The molecule has 1 aromatic heterocycles. The van der Waals surface area contributed by atoms with Crippen LogP contribution in [0.3, 0.4) is 0 Å². The Balaban J connectivity index is 1.39. The predicted molar refractivity (Wildman–Crippen MR) is 149 cm³/mol. The lowest BCUT2D eigenvalue weighted by Crippen LogP contribution is -2.50. The van der Waals surface area contributed by atoms with Gasteiger partial charge in [0, 0.05) is 43.7 Å². The summed E-state index contributed by atoms with van der Waals surface area (Å²) in [6, 6.07) is 5.99. The molecule has 0 radical (unpaired) electrons. The number of benzene rings is 1. The van der Waals surface area contributed by atoms with Crippen molar-refractivity contribution in [3.05, 3.63) is 30.0 Å². The molecule has 204 valence electrons. The van der Waals surface area contributed by atoms with E-state index in [-0.39, 0.29) is 23.9 Å². The van der Waals surface area contributed by atoms with Gasteiger partial charge in [-0.1, -0.05) is 19.3 Å². The standard InChI is InChI=1S/C28H39N7O3/c1-18(21-10-6-7-14-29-21)31-27(37)19-11-12-24(38-3)22(16-19)32-28-30-17-23-26(33-28)35(20-8-4-5-9-20)15-13-25(36)34(23)2/h11-12,16-18,20-21,29H,4-10,13-15H2,1-3H3,(H,31,37)(H,30,32,33). The van der Waals surface area contributed by atoms with E-state index in [1.165, 1.54) is 25.7 Å². The van der Waals surface area contributed by atoms with Crippen molar-refractivity contribution in [1.29, 1.82) is 0 Å². The molecule has 1 saturated carbocycles. The summed E-state index contributed by atoms with van der Waals surface area (Å²) < 4.78 is 5.57. The third-order valence-corrected chi connectivity index (χ3v) is 8.11. The number of nitrogens with zero attached hydrogens (tertiary/aromatic N) is 4. The Morgan fingerprint density at radius 3 is 2.71 bits per heavy atom. The molecule has 0 bridgehead atoms. The van der Waals surface area contributed by atoms with Crippen LogP contribution in [0.15, 0.2) is 24.4 Å². The van der Waals surface area contributed by atoms with Crippen LogP contribution < -0.4 is 30.5 Å². The van der Waals surface area contributed by atoms with Gasteiger partial charge in [0.2, 0.25) is 11.9 Å². The first-order valence-electron chi connectivity index (χ1n) is 13.8. The fourth-order valence-corrected chi connectivity index (χ4v) is 5.83. The number of fused-ring (bicyclic) bond motifs is 1. The number of hydrogen-bond donors (Lipinski definition) is 3. The lowest BCUT2D eigenvalue weighted by molar-refractivity contribution is -0.118. The normalized spacial score (nSPS) is 21.0. The summed E-state index contributed by atoms with van der Waals surface area (Å²) in [4.78, 5) is 39.1. The number of hydrogen-bond acceptors (Lipinski definition) is 8. The Morgan fingerprint density at radius 2 is 1.97 bits per heavy atom. The molecule has 2 fully saturated rings. The second kappa shape index (κ2) is 11.6. The van der Waals surface area contributed by atoms with Gasteiger partial charge in [0.05, 0.1) is 19.0 Å². The molecule has 2 amide bonds. The lowest BCUT2D eigenvalue weighted by atomic mass is 9.99. The van der Waals surface area contributed by atoms with Crippen molar-refractivity contribution in [2.24, 2.45) is 0 Å². The number of amides is 2. The fraction of sp³-hybridized carbons (Fsp3) is 0.571. The zero-order valence-electron chi connectivity index (χ0n) is 22.6. The minimum Gasteiger partial charge on any atom is -0.495 e. The SMILES string of the molecule is COc1ccc(C(=O)NC(C)C2CCCCN2)cc1Nc1ncc2c(n1)N(C1CCCC1)CCC(=O)N2C. The van der Waals surface area contributed by atoms with Crippen molar-refractivity contribution in [1.82, 2.24) is 20.6 Å². The van der Waals surface area contributed by atoms with Crippen LogP contribution >= 0.6 is 0 Å². The van der Waals surface area contributed by atoms with Gasteiger partial charge < -0.3 is 30.5 Å². The van der Waals surface area contributed by atoms with E-state index in [0.29, 0.717) is 42.0 Å². The number of methoxy groups -OCH3 is 1. The molecule has 5 rings (SSSR count). The predicted octanol–water partition coefficient (Wildman–Crippen LogP) is 3.60. The molecular weight excluding hydrogens is 482 g/mol. The molecule has 3 heterocycles. The van der Waals surface area contributed by atoms with Gasteiger partial charge >= 0.3 is 0 Å². The van der Waals surface area contributed by atoms with Crippen molar-refractivity contribution in [3.63, 3.8) is 0 Å². The summed E-state index contributed by atoms with van der Waals surface area (Å²) in [5.74, 6) is 1.68. The van der Waals surface area contributed by atoms with Crippen LogP contribution in [0.4, 0.5) is 23.1 Å². The van der Waals surface area contributed by atoms with E-state index < -0.39 is 0 Å². The van der Waals surface area contributed by atoms with E-state index in [0.717, 1.165) is 37.3 Å². The molecule has 1 aliphatic carbocycles. The molecule has 10 heteroatoms. The highest BCUT2D eigenvalue weighted by atomic mass is 16.5. The van der Waals surface area contributed by atoms with Crippen molar-refractivity contribution in [3.8, 4) is 5.75 Å². The topological polar surface area (TPSA) is 112 Å². The van der Waals surface area contributed by atoms with Crippen molar-refractivity contribution in [2.75, 3.05) is 42.4 Å². The number of piperidine rings is 1. The van der Waals surface area contributed by atoms with E-state index in [4.69, 9.17) is 9.72 Å². The Labute approximate surface area is 224 Å². The summed E-state index contributed by atoms with van der Waals surface area (Å²) in [5.41, 5.74) is 1.85. The highest BCUT2D eigenvalue weighted by Crippen LogP contribution is 2.37. The summed E-state index contributed by atoms with van der Waals surface area (Å²) in [7, 11) is 3.38. The van der Waals surface area contributed by atoms with Crippen LogP contribution in [0, 0.1) is 0 Å². The summed E-state index contributed by atoms with van der Waals surface area (Å²) >= 11 is 0. The number of rotatable bonds is 7. The lowest BCUT2D eigenvalue weighted by Gasteiger charge is -2.30. The smallest absolute Gasteiger partial charge is 0.251 e. The molecule has 2 aromatic rings. The Kier molecular flexibility index (Phi) is 7.97. The average molecular weight is 522 g/mol. The first-order valence-corrected chi connectivity index (χ1v) is 13.8. The number of anilines is 4. The zero-order chi connectivity index (χ0) is 26.6. The van der Waals surface area contributed by atoms with Crippen molar-refractivity contribution < 1.29 is 14.3 Å². The van der Waals surface area contributed by atoms with Crippen LogP contribution in [-0.2, 0) is 4.79 Å². The Hall–Kier alpha value is -3.40. The zero-order valence-corrected chi connectivity index (χ0v) is 22.6. The molecule has 2 unspecified atom stereocenters. The first kappa shape index (κ1) is 26.2. The van der Waals surface area contributed by atoms with Crippen LogP contribution in [0.5, 0.6) is 5.75 Å². The molecule has 1 aromatic carbocycles. The minimum absolute atomic E-state index is 0.0236. The molecule has 10 nitrogen and oxygen atoms in total. The van der Waals surface area contributed by atoms with Gasteiger partial charge in [-0.3, -0.25) is 9.59 Å². The van der Waals surface area contributed by atoms with Crippen LogP contribution in [0.1, 0.15) is 68.6 Å². The molecule has 3 aliphatic rings. The highest BCUT2D eigenvalue weighted by Gasteiger charge is 2.32.